The number of benzene rings is 1. The monoisotopic (exact) mass is 268 g/mol. The zero-order valence-electron chi connectivity index (χ0n) is 10.4. The summed E-state index contributed by atoms with van der Waals surface area (Å²) >= 11 is 0. The predicted molar refractivity (Wildman–Crippen MR) is 69.9 cm³/mol. The summed E-state index contributed by atoms with van der Waals surface area (Å²) in [6.45, 7) is 3.95. The molecule has 0 unspecified atom stereocenters. The summed E-state index contributed by atoms with van der Waals surface area (Å²) in [6, 6.07) is 4.88. The second kappa shape index (κ2) is 4.61. The molecule has 6 heteroatoms. The van der Waals surface area contributed by atoms with Crippen LogP contribution in [-0.2, 0) is 9.84 Å². The van der Waals surface area contributed by atoms with Crippen molar-refractivity contribution in [3.05, 3.63) is 18.2 Å². The van der Waals surface area contributed by atoms with Gasteiger partial charge in [0.1, 0.15) is 5.52 Å². The number of rotatable bonds is 4. The van der Waals surface area contributed by atoms with Crippen LogP contribution in [0.1, 0.15) is 20.3 Å². The number of anilines is 1. The summed E-state index contributed by atoms with van der Waals surface area (Å²) in [4.78, 5) is 3.99. The van der Waals surface area contributed by atoms with Crippen molar-refractivity contribution in [1.82, 2.24) is 4.98 Å². The van der Waals surface area contributed by atoms with Gasteiger partial charge in [-0.25, -0.2) is 8.42 Å². The second-order valence-electron chi connectivity index (χ2n) is 4.71. The van der Waals surface area contributed by atoms with E-state index in [1.807, 2.05) is 13.8 Å². The fraction of sp³-hybridized carbons (Fsp3) is 0.417. The number of nitrogens with two attached hydrogens (primary N) is 1. The van der Waals surface area contributed by atoms with E-state index in [4.69, 9.17) is 10.2 Å². The highest BCUT2D eigenvalue weighted by Crippen LogP contribution is 2.22. The third kappa shape index (κ3) is 2.64. The van der Waals surface area contributed by atoms with E-state index >= 15 is 0 Å². The normalized spacial score (nSPS) is 12.4. The van der Waals surface area contributed by atoms with Crippen molar-refractivity contribution >= 4 is 26.6 Å². The van der Waals surface area contributed by atoms with Crippen LogP contribution < -0.4 is 5.73 Å². The average molecular weight is 268 g/mol. The minimum atomic E-state index is -3.45. The largest absolute Gasteiger partial charge is 0.428 e. The zero-order valence-corrected chi connectivity index (χ0v) is 11.2. The fourth-order valence-corrected chi connectivity index (χ4v) is 2.94. The summed E-state index contributed by atoms with van der Waals surface area (Å²) in [5.74, 6) is 0.368. The molecule has 0 bridgehead atoms. The van der Waals surface area contributed by atoms with Gasteiger partial charge in [0.2, 0.25) is 9.84 Å². The quantitative estimate of drug-likeness (QED) is 0.859. The van der Waals surface area contributed by atoms with E-state index < -0.39 is 9.84 Å². The SMILES string of the molecule is CC(C)CCS(=O)(=O)c1nc2ccc(N)cc2o1. The second-order valence-corrected chi connectivity index (χ2v) is 6.70. The van der Waals surface area contributed by atoms with E-state index in [9.17, 15) is 8.42 Å². The van der Waals surface area contributed by atoms with Gasteiger partial charge in [0.15, 0.2) is 5.58 Å². The van der Waals surface area contributed by atoms with Gasteiger partial charge in [0, 0.05) is 11.8 Å². The third-order valence-corrected chi connectivity index (χ3v) is 4.10. The number of hydrogen-bond acceptors (Lipinski definition) is 5. The van der Waals surface area contributed by atoms with Crippen molar-refractivity contribution < 1.29 is 12.8 Å². The molecule has 0 amide bonds. The van der Waals surface area contributed by atoms with E-state index in [0.717, 1.165) is 0 Å². The number of nitrogens with zero attached hydrogens (tertiary/aromatic N) is 1. The van der Waals surface area contributed by atoms with Gasteiger partial charge in [-0.05, 0) is 24.5 Å². The summed E-state index contributed by atoms with van der Waals surface area (Å²) in [5.41, 5.74) is 7.03. The lowest BCUT2D eigenvalue weighted by atomic mass is 10.2. The van der Waals surface area contributed by atoms with E-state index in [2.05, 4.69) is 4.98 Å². The molecule has 0 fully saturated rings. The molecule has 0 atom stereocenters. The lowest BCUT2D eigenvalue weighted by Crippen LogP contribution is -2.09. The molecule has 98 valence electrons. The number of nitrogen functional groups attached to an aromatic ring is 1. The maximum absolute atomic E-state index is 12.0. The van der Waals surface area contributed by atoms with Gasteiger partial charge in [-0.1, -0.05) is 13.8 Å². The van der Waals surface area contributed by atoms with Gasteiger partial charge in [-0.3, -0.25) is 0 Å². The number of aromatic nitrogens is 1. The highest BCUT2D eigenvalue weighted by Gasteiger charge is 2.22. The number of fused-ring (bicyclic) bond motifs is 1. The van der Waals surface area contributed by atoms with Crippen molar-refractivity contribution in [3.8, 4) is 0 Å². The van der Waals surface area contributed by atoms with Crippen molar-refractivity contribution in [3.63, 3.8) is 0 Å². The first-order chi connectivity index (χ1) is 8.38. The molecular formula is C12H16N2O3S. The zero-order chi connectivity index (χ0) is 13.3. The van der Waals surface area contributed by atoms with Crippen LogP contribution in [0.4, 0.5) is 5.69 Å². The summed E-state index contributed by atoms with van der Waals surface area (Å²) in [6.07, 6.45) is 0.587. The van der Waals surface area contributed by atoms with E-state index in [0.29, 0.717) is 29.1 Å². The Hall–Kier alpha value is -1.56. The summed E-state index contributed by atoms with van der Waals surface area (Å²) < 4.78 is 29.3. The molecule has 0 spiro atoms. The Morgan fingerprint density at radius 1 is 1.39 bits per heavy atom. The molecule has 1 aromatic heterocycles. The van der Waals surface area contributed by atoms with Crippen LogP contribution in [0.15, 0.2) is 27.8 Å². The Kier molecular flexibility index (Phi) is 3.30. The van der Waals surface area contributed by atoms with Crippen LogP contribution in [0.2, 0.25) is 0 Å². The lowest BCUT2D eigenvalue weighted by Gasteiger charge is -2.02. The van der Waals surface area contributed by atoms with Gasteiger partial charge in [0.05, 0.1) is 5.75 Å². The molecule has 1 aromatic carbocycles. The van der Waals surface area contributed by atoms with Gasteiger partial charge >= 0.3 is 5.22 Å². The molecule has 2 aromatic rings. The number of sulfone groups is 1. The first-order valence-corrected chi connectivity index (χ1v) is 7.42. The summed E-state index contributed by atoms with van der Waals surface area (Å²) in [7, 11) is -3.45. The smallest absolute Gasteiger partial charge is 0.316 e. The molecular weight excluding hydrogens is 252 g/mol. The maximum atomic E-state index is 12.0. The van der Waals surface area contributed by atoms with Crippen molar-refractivity contribution in [1.29, 1.82) is 0 Å². The third-order valence-electron chi connectivity index (χ3n) is 2.62. The Bertz CT molecular complexity index is 659. The number of oxazole rings is 1. The van der Waals surface area contributed by atoms with Crippen molar-refractivity contribution in [2.45, 2.75) is 25.5 Å². The van der Waals surface area contributed by atoms with Crippen LogP contribution in [-0.4, -0.2) is 19.2 Å². The van der Waals surface area contributed by atoms with Crippen LogP contribution in [0, 0.1) is 5.92 Å². The van der Waals surface area contributed by atoms with E-state index in [-0.39, 0.29) is 11.0 Å². The molecule has 18 heavy (non-hydrogen) atoms. The van der Waals surface area contributed by atoms with Crippen LogP contribution in [0.5, 0.6) is 0 Å². The lowest BCUT2D eigenvalue weighted by molar-refractivity contribution is 0.456. The van der Waals surface area contributed by atoms with Crippen LogP contribution >= 0.6 is 0 Å². The standard InChI is InChI=1S/C12H16N2O3S/c1-8(2)5-6-18(15,16)12-14-10-4-3-9(13)7-11(10)17-12/h3-4,7-8H,5-6,13H2,1-2H3. The van der Waals surface area contributed by atoms with E-state index in [1.165, 1.54) is 0 Å². The molecule has 2 rings (SSSR count). The Balaban J connectivity index is 2.36. The first kappa shape index (κ1) is 12.9. The summed E-state index contributed by atoms with van der Waals surface area (Å²) in [5, 5.41) is -0.219. The average Bonchev–Trinajstić information content (AvgIpc) is 2.70. The fourth-order valence-electron chi connectivity index (χ4n) is 1.53. The molecule has 0 aliphatic carbocycles. The molecule has 5 nitrogen and oxygen atoms in total. The van der Waals surface area contributed by atoms with Gasteiger partial charge in [-0.2, -0.15) is 4.98 Å². The maximum Gasteiger partial charge on any atom is 0.316 e. The van der Waals surface area contributed by atoms with Crippen molar-refractivity contribution in [2.75, 3.05) is 11.5 Å². The van der Waals surface area contributed by atoms with Crippen molar-refractivity contribution in [2.24, 2.45) is 5.92 Å². The Labute approximate surface area is 106 Å². The van der Waals surface area contributed by atoms with Gasteiger partial charge in [-0.15, -0.1) is 0 Å². The molecule has 0 saturated carbocycles. The molecule has 0 radical (unpaired) electrons. The minimum absolute atomic E-state index is 0.0486. The topological polar surface area (TPSA) is 86.2 Å². The predicted octanol–water partition coefficient (Wildman–Crippen LogP) is 2.23. The molecule has 2 N–H and O–H groups in total. The molecule has 0 aliphatic rings. The molecule has 0 aliphatic heterocycles. The van der Waals surface area contributed by atoms with E-state index in [1.54, 1.807) is 18.2 Å². The van der Waals surface area contributed by atoms with Gasteiger partial charge in [0.25, 0.3) is 0 Å². The van der Waals surface area contributed by atoms with Gasteiger partial charge < -0.3 is 10.2 Å². The highest BCUT2D eigenvalue weighted by atomic mass is 32.2. The molecule has 1 heterocycles. The minimum Gasteiger partial charge on any atom is -0.428 e. The Morgan fingerprint density at radius 3 is 2.78 bits per heavy atom. The highest BCUT2D eigenvalue weighted by molar-refractivity contribution is 7.91. The molecule has 0 saturated heterocycles. The Morgan fingerprint density at radius 2 is 2.11 bits per heavy atom. The first-order valence-electron chi connectivity index (χ1n) is 5.77. The van der Waals surface area contributed by atoms with Crippen LogP contribution in [0.3, 0.4) is 0 Å². The number of hydrogen-bond donors (Lipinski definition) is 1. The van der Waals surface area contributed by atoms with Crippen LogP contribution in [0.25, 0.3) is 11.1 Å².